The third-order valence-corrected chi connectivity index (χ3v) is 5.00. The normalized spacial score (nSPS) is 11.4. The second-order valence-corrected chi connectivity index (χ2v) is 6.40. The number of hydrogen-bond donors (Lipinski definition) is 2. The van der Waals surface area contributed by atoms with E-state index in [9.17, 15) is 10.2 Å². The lowest BCUT2D eigenvalue weighted by molar-refractivity contribution is 0.455. The van der Waals surface area contributed by atoms with Crippen molar-refractivity contribution < 1.29 is 10.2 Å². The minimum absolute atomic E-state index is 0.0859. The summed E-state index contributed by atoms with van der Waals surface area (Å²) in [6.07, 6.45) is 0.781. The second-order valence-electron chi connectivity index (χ2n) is 6.40. The highest BCUT2D eigenvalue weighted by Crippen LogP contribution is 2.44. The molecule has 0 heterocycles. The van der Waals surface area contributed by atoms with Crippen molar-refractivity contribution in [2.75, 3.05) is 0 Å². The molecule has 0 radical (unpaired) electrons. The van der Waals surface area contributed by atoms with E-state index in [0.717, 1.165) is 39.1 Å². The Morgan fingerprint density at radius 3 is 1.52 bits per heavy atom. The monoisotopic (exact) mass is 328 g/mol. The van der Waals surface area contributed by atoms with Crippen LogP contribution >= 0.6 is 0 Å². The van der Waals surface area contributed by atoms with Crippen molar-refractivity contribution in [2.24, 2.45) is 0 Å². The van der Waals surface area contributed by atoms with E-state index in [1.165, 1.54) is 0 Å². The molecule has 0 aliphatic heterocycles. The van der Waals surface area contributed by atoms with Crippen molar-refractivity contribution in [3.05, 3.63) is 83.9 Å². The summed E-state index contributed by atoms with van der Waals surface area (Å²) in [5, 5.41) is 25.5. The summed E-state index contributed by atoms with van der Waals surface area (Å²) in [5.74, 6) is 0.466. The average Bonchev–Trinajstić information content (AvgIpc) is 2.65. The maximum Gasteiger partial charge on any atom is 0.120 e. The van der Waals surface area contributed by atoms with Crippen LogP contribution in [-0.2, 0) is 0 Å². The first-order valence-electron chi connectivity index (χ1n) is 8.62. The summed E-state index contributed by atoms with van der Waals surface area (Å²) in [6, 6.07) is 23.5. The van der Waals surface area contributed by atoms with Gasteiger partial charge in [0.15, 0.2) is 0 Å². The molecular weight excluding hydrogens is 308 g/mol. The number of phenols is 2. The number of fused-ring (bicyclic) bond motifs is 2. The molecule has 0 saturated carbocycles. The molecule has 0 unspecified atom stereocenters. The van der Waals surface area contributed by atoms with Gasteiger partial charge in [0, 0.05) is 17.0 Å². The van der Waals surface area contributed by atoms with Crippen LogP contribution in [0.25, 0.3) is 21.5 Å². The predicted octanol–water partition coefficient (Wildman–Crippen LogP) is 5.95. The van der Waals surface area contributed by atoms with Crippen molar-refractivity contribution >= 4 is 21.5 Å². The molecule has 2 N–H and O–H groups in total. The molecule has 2 heteroatoms. The molecule has 0 fully saturated rings. The van der Waals surface area contributed by atoms with E-state index in [2.05, 4.69) is 6.92 Å². The molecule has 25 heavy (non-hydrogen) atoms. The smallest absolute Gasteiger partial charge is 0.120 e. The zero-order chi connectivity index (χ0) is 17.4. The van der Waals surface area contributed by atoms with Crippen LogP contribution in [0.1, 0.15) is 30.4 Å². The second kappa shape index (κ2) is 6.14. The largest absolute Gasteiger partial charge is 0.508 e. The minimum Gasteiger partial charge on any atom is -0.508 e. The maximum absolute atomic E-state index is 10.7. The van der Waals surface area contributed by atoms with Crippen LogP contribution in [0, 0.1) is 0 Å². The SMILES string of the molecule is CCC(c1c(O)ccc2ccccc12)c1c(O)ccc2ccccc12. The van der Waals surface area contributed by atoms with Crippen molar-refractivity contribution in [2.45, 2.75) is 19.3 Å². The maximum atomic E-state index is 10.7. The molecule has 4 aromatic rings. The fourth-order valence-corrected chi connectivity index (χ4v) is 3.85. The Bertz CT molecular complexity index is 981. The summed E-state index contributed by atoms with van der Waals surface area (Å²) < 4.78 is 0. The Balaban J connectivity index is 2.06. The Kier molecular flexibility index (Phi) is 3.81. The van der Waals surface area contributed by atoms with E-state index in [1.807, 2.05) is 60.7 Å². The average molecular weight is 328 g/mol. The number of rotatable bonds is 3. The van der Waals surface area contributed by atoms with Gasteiger partial charge in [-0.15, -0.1) is 0 Å². The van der Waals surface area contributed by atoms with E-state index < -0.39 is 0 Å². The lowest BCUT2D eigenvalue weighted by Gasteiger charge is -2.22. The molecule has 0 spiro atoms. The number of phenolic OH excluding ortho intramolecular Hbond substituents is 2. The van der Waals surface area contributed by atoms with Crippen molar-refractivity contribution in [1.29, 1.82) is 0 Å². The highest BCUT2D eigenvalue weighted by atomic mass is 16.3. The lowest BCUT2D eigenvalue weighted by atomic mass is 9.82. The third-order valence-electron chi connectivity index (χ3n) is 5.00. The van der Waals surface area contributed by atoms with Gasteiger partial charge in [-0.05, 0) is 40.1 Å². The third kappa shape index (κ3) is 2.51. The topological polar surface area (TPSA) is 40.5 Å². The van der Waals surface area contributed by atoms with Gasteiger partial charge in [-0.2, -0.15) is 0 Å². The molecule has 2 nitrogen and oxygen atoms in total. The van der Waals surface area contributed by atoms with E-state index >= 15 is 0 Å². The Morgan fingerprint density at radius 2 is 1.08 bits per heavy atom. The fourth-order valence-electron chi connectivity index (χ4n) is 3.85. The minimum atomic E-state index is -0.0859. The quantitative estimate of drug-likeness (QED) is 0.488. The highest BCUT2D eigenvalue weighted by molar-refractivity contribution is 5.92. The first-order chi connectivity index (χ1) is 12.2. The standard InChI is InChI=1S/C23H20O2/c1-2-17(22-18-9-5-3-7-15(18)11-13-20(22)24)23-19-10-6-4-8-16(19)12-14-21(23)25/h3-14,17,24-25H,2H2,1H3. The van der Waals surface area contributed by atoms with Crippen molar-refractivity contribution in [1.82, 2.24) is 0 Å². The molecule has 0 amide bonds. The zero-order valence-electron chi connectivity index (χ0n) is 14.1. The molecule has 0 aliphatic carbocycles. The van der Waals surface area contributed by atoms with Gasteiger partial charge >= 0.3 is 0 Å². The van der Waals surface area contributed by atoms with Gasteiger partial charge in [0.05, 0.1) is 0 Å². The molecule has 0 aromatic heterocycles. The van der Waals surface area contributed by atoms with Crippen LogP contribution in [-0.4, -0.2) is 10.2 Å². The highest BCUT2D eigenvalue weighted by Gasteiger charge is 2.23. The summed E-state index contributed by atoms with van der Waals surface area (Å²) in [5.41, 5.74) is 1.76. The van der Waals surface area contributed by atoms with Gasteiger partial charge in [-0.3, -0.25) is 0 Å². The number of benzene rings is 4. The zero-order valence-corrected chi connectivity index (χ0v) is 14.1. The molecule has 4 rings (SSSR count). The first-order valence-corrected chi connectivity index (χ1v) is 8.62. The molecule has 0 atom stereocenters. The fraction of sp³-hybridized carbons (Fsp3) is 0.130. The summed E-state index contributed by atoms with van der Waals surface area (Å²) in [6.45, 7) is 2.09. The van der Waals surface area contributed by atoms with Crippen LogP contribution < -0.4 is 0 Å². The summed E-state index contributed by atoms with van der Waals surface area (Å²) in [7, 11) is 0. The molecule has 0 bridgehead atoms. The number of aromatic hydroxyl groups is 2. The van der Waals surface area contributed by atoms with Gasteiger partial charge in [-0.25, -0.2) is 0 Å². The Hall–Kier alpha value is -3.00. The van der Waals surface area contributed by atoms with Crippen LogP contribution in [0.15, 0.2) is 72.8 Å². The van der Waals surface area contributed by atoms with Gasteiger partial charge in [0.25, 0.3) is 0 Å². The van der Waals surface area contributed by atoms with E-state index in [0.29, 0.717) is 0 Å². The van der Waals surface area contributed by atoms with Crippen molar-refractivity contribution in [3.8, 4) is 11.5 Å². The van der Waals surface area contributed by atoms with Gasteiger partial charge < -0.3 is 10.2 Å². The van der Waals surface area contributed by atoms with Gasteiger partial charge in [-0.1, -0.05) is 67.6 Å². The van der Waals surface area contributed by atoms with E-state index in [4.69, 9.17) is 0 Å². The van der Waals surface area contributed by atoms with Crippen LogP contribution in [0.2, 0.25) is 0 Å². The molecule has 4 aromatic carbocycles. The van der Waals surface area contributed by atoms with Crippen molar-refractivity contribution in [3.63, 3.8) is 0 Å². The molecule has 124 valence electrons. The first kappa shape index (κ1) is 15.5. The Morgan fingerprint density at radius 1 is 0.640 bits per heavy atom. The van der Waals surface area contributed by atoms with E-state index in [1.54, 1.807) is 12.1 Å². The Labute approximate surface area is 147 Å². The molecule has 0 saturated heterocycles. The summed E-state index contributed by atoms with van der Waals surface area (Å²) in [4.78, 5) is 0. The van der Waals surface area contributed by atoms with Gasteiger partial charge in [0.2, 0.25) is 0 Å². The van der Waals surface area contributed by atoms with Gasteiger partial charge in [0.1, 0.15) is 11.5 Å². The lowest BCUT2D eigenvalue weighted by Crippen LogP contribution is -2.03. The van der Waals surface area contributed by atoms with Crippen LogP contribution in [0.4, 0.5) is 0 Å². The van der Waals surface area contributed by atoms with Crippen LogP contribution in [0.5, 0.6) is 11.5 Å². The molecular formula is C23H20O2. The number of hydrogen-bond acceptors (Lipinski definition) is 2. The summed E-state index contributed by atoms with van der Waals surface area (Å²) >= 11 is 0. The van der Waals surface area contributed by atoms with Crippen LogP contribution in [0.3, 0.4) is 0 Å². The predicted molar refractivity (Wildman–Crippen MR) is 103 cm³/mol. The molecule has 0 aliphatic rings. The van der Waals surface area contributed by atoms with E-state index in [-0.39, 0.29) is 17.4 Å².